The molecule has 0 bridgehead atoms. The molecule has 0 N–H and O–H groups in total. The lowest BCUT2D eigenvalue weighted by Gasteiger charge is -2.27. The zero-order valence-corrected chi connectivity index (χ0v) is 13.2. The minimum absolute atomic E-state index is 0.111. The SMILES string of the molecule is CCn1cc(C(=O)N2C[C@@H](N(C)C)[C@H](C(C)C)C2)cn1. The highest BCUT2D eigenvalue weighted by Crippen LogP contribution is 2.28. The van der Waals surface area contributed by atoms with Gasteiger partial charge in [-0.1, -0.05) is 13.8 Å². The Morgan fingerprint density at radius 1 is 1.45 bits per heavy atom. The maximum Gasteiger partial charge on any atom is 0.257 e. The summed E-state index contributed by atoms with van der Waals surface area (Å²) in [7, 11) is 4.20. The molecule has 5 heteroatoms. The largest absolute Gasteiger partial charge is 0.337 e. The summed E-state index contributed by atoms with van der Waals surface area (Å²) in [6.07, 6.45) is 3.52. The fraction of sp³-hybridized carbons (Fsp3) is 0.733. The Balaban J connectivity index is 2.12. The number of aromatic nitrogens is 2. The average molecular weight is 278 g/mol. The van der Waals surface area contributed by atoms with Gasteiger partial charge in [0.05, 0.1) is 11.8 Å². The van der Waals surface area contributed by atoms with Crippen molar-refractivity contribution in [1.82, 2.24) is 19.6 Å². The average Bonchev–Trinajstić information content (AvgIpc) is 3.04. The Labute approximate surface area is 121 Å². The van der Waals surface area contributed by atoms with Crippen molar-refractivity contribution in [2.24, 2.45) is 11.8 Å². The van der Waals surface area contributed by atoms with Crippen LogP contribution in [0.5, 0.6) is 0 Å². The molecule has 2 rings (SSSR count). The first-order chi connectivity index (χ1) is 9.43. The van der Waals surface area contributed by atoms with E-state index in [0.29, 0.717) is 23.4 Å². The second-order valence-electron chi connectivity index (χ2n) is 6.23. The molecule has 0 spiro atoms. The highest BCUT2D eigenvalue weighted by atomic mass is 16.2. The Morgan fingerprint density at radius 2 is 2.15 bits per heavy atom. The lowest BCUT2D eigenvalue weighted by molar-refractivity contribution is 0.0779. The predicted octanol–water partition coefficient (Wildman–Crippen LogP) is 1.56. The number of amides is 1. The van der Waals surface area contributed by atoms with Crippen molar-refractivity contribution in [2.75, 3.05) is 27.2 Å². The molecule has 0 aliphatic carbocycles. The van der Waals surface area contributed by atoms with Gasteiger partial charge in [0.15, 0.2) is 0 Å². The van der Waals surface area contributed by atoms with Crippen LogP contribution in [0.25, 0.3) is 0 Å². The van der Waals surface area contributed by atoms with Gasteiger partial charge in [0.1, 0.15) is 0 Å². The van der Waals surface area contributed by atoms with Crippen LogP contribution in [0.15, 0.2) is 12.4 Å². The minimum atomic E-state index is 0.111. The summed E-state index contributed by atoms with van der Waals surface area (Å²) in [5.41, 5.74) is 0.703. The standard InChI is InChI=1S/C15H26N4O/c1-6-19-8-12(7-16-19)15(20)18-9-13(11(2)3)14(10-18)17(4)5/h7-8,11,13-14H,6,9-10H2,1-5H3/t13-,14+/m0/s1. The van der Waals surface area contributed by atoms with E-state index in [-0.39, 0.29) is 5.91 Å². The van der Waals surface area contributed by atoms with E-state index in [1.54, 1.807) is 10.9 Å². The van der Waals surface area contributed by atoms with E-state index < -0.39 is 0 Å². The number of likely N-dealkylation sites (tertiary alicyclic amines) is 1. The van der Waals surface area contributed by atoms with Crippen LogP contribution in [-0.4, -0.2) is 58.7 Å². The minimum Gasteiger partial charge on any atom is -0.337 e. The molecule has 5 nitrogen and oxygen atoms in total. The third-order valence-corrected chi connectivity index (χ3v) is 4.34. The van der Waals surface area contributed by atoms with E-state index in [9.17, 15) is 4.79 Å². The van der Waals surface area contributed by atoms with Gasteiger partial charge in [-0.05, 0) is 32.9 Å². The van der Waals surface area contributed by atoms with Gasteiger partial charge in [0.25, 0.3) is 5.91 Å². The number of nitrogens with zero attached hydrogens (tertiary/aromatic N) is 4. The molecular formula is C15H26N4O. The number of hydrogen-bond acceptors (Lipinski definition) is 3. The van der Waals surface area contributed by atoms with Gasteiger partial charge in [-0.15, -0.1) is 0 Å². The van der Waals surface area contributed by atoms with E-state index in [4.69, 9.17) is 0 Å². The predicted molar refractivity (Wildman–Crippen MR) is 79.6 cm³/mol. The van der Waals surface area contributed by atoms with Gasteiger partial charge in [-0.3, -0.25) is 9.48 Å². The van der Waals surface area contributed by atoms with Crippen LogP contribution in [-0.2, 0) is 6.54 Å². The second-order valence-corrected chi connectivity index (χ2v) is 6.23. The highest BCUT2D eigenvalue weighted by molar-refractivity contribution is 5.94. The summed E-state index contributed by atoms with van der Waals surface area (Å²) in [6.45, 7) is 8.95. The van der Waals surface area contributed by atoms with Gasteiger partial charge in [0.2, 0.25) is 0 Å². The molecule has 1 aliphatic rings. The van der Waals surface area contributed by atoms with Crippen molar-refractivity contribution < 1.29 is 4.79 Å². The van der Waals surface area contributed by atoms with E-state index in [0.717, 1.165) is 19.6 Å². The van der Waals surface area contributed by atoms with Gasteiger partial charge < -0.3 is 9.80 Å². The number of carbonyl (C=O) groups excluding carboxylic acids is 1. The van der Waals surface area contributed by atoms with Crippen LogP contribution in [0.3, 0.4) is 0 Å². The highest BCUT2D eigenvalue weighted by Gasteiger charge is 2.38. The van der Waals surface area contributed by atoms with Crippen molar-refractivity contribution in [3.05, 3.63) is 18.0 Å². The number of hydrogen-bond donors (Lipinski definition) is 0. The molecule has 0 saturated carbocycles. The van der Waals surface area contributed by atoms with E-state index >= 15 is 0 Å². The first kappa shape index (κ1) is 15.0. The monoisotopic (exact) mass is 278 g/mol. The Kier molecular flexibility index (Phi) is 4.48. The van der Waals surface area contributed by atoms with Crippen LogP contribution in [0.2, 0.25) is 0 Å². The molecule has 112 valence electrons. The molecule has 0 aromatic carbocycles. The number of likely N-dealkylation sites (N-methyl/N-ethyl adjacent to an activating group) is 1. The molecule has 1 aromatic rings. The van der Waals surface area contributed by atoms with Gasteiger partial charge in [-0.2, -0.15) is 5.10 Å². The first-order valence-corrected chi connectivity index (χ1v) is 7.42. The molecule has 1 amide bonds. The maximum atomic E-state index is 12.6. The van der Waals surface area contributed by atoms with E-state index in [1.165, 1.54) is 0 Å². The molecule has 1 saturated heterocycles. The summed E-state index contributed by atoms with van der Waals surface area (Å²) in [4.78, 5) is 16.8. The maximum absolute atomic E-state index is 12.6. The Hall–Kier alpha value is -1.36. The molecule has 0 unspecified atom stereocenters. The zero-order valence-electron chi connectivity index (χ0n) is 13.2. The quantitative estimate of drug-likeness (QED) is 0.839. The summed E-state index contributed by atoms with van der Waals surface area (Å²) < 4.78 is 1.80. The van der Waals surface area contributed by atoms with Crippen molar-refractivity contribution in [1.29, 1.82) is 0 Å². The summed E-state index contributed by atoms with van der Waals surface area (Å²) in [5, 5.41) is 4.19. The molecule has 2 heterocycles. The molecule has 1 aromatic heterocycles. The van der Waals surface area contributed by atoms with Crippen LogP contribution in [0, 0.1) is 11.8 Å². The van der Waals surface area contributed by atoms with E-state index in [2.05, 4.69) is 37.9 Å². The molecular weight excluding hydrogens is 252 g/mol. The molecule has 20 heavy (non-hydrogen) atoms. The van der Waals surface area contributed by atoms with Gasteiger partial charge in [-0.25, -0.2) is 0 Å². The van der Waals surface area contributed by atoms with Crippen molar-refractivity contribution in [2.45, 2.75) is 33.4 Å². The Morgan fingerprint density at radius 3 is 2.60 bits per heavy atom. The molecule has 1 fully saturated rings. The van der Waals surface area contributed by atoms with Gasteiger partial charge >= 0.3 is 0 Å². The third-order valence-electron chi connectivity index (χ3n) is 4.34. The summed E-state index contributed by atoms with van der Waals surface area (Å²) in [5.74, 6) is 1.23. The number of carbonyl (C=O) groups is 1. The third kappa shape index (κ3) is 2.87. The van der Waals surface area contributed by atoms with Crippen LogP contribution in [0.4, 0.5) is 0 Å². The fourth-order valence-electron chi connectivity index (χ4n) is 3.01. The molecule has 1 aliphatic heterocycles. The fourth-order valence-corrected chi connectivity index (χ4v) is 3.01. The summed E-state index contributed by atoms with van der Waals surface area (Å²) >= 11 is 0. The number of rotatable bonds is 4. The van der Waals surface area contributed by atoms with Crippen LogP contribution in [0.1, 0.15) is 31.1 Å². The van der Waals surface area contributed by atoms with Crippen LogP contribution < -0.4 is 0 Å². The first-order valence-electron chi connectivity index (χ1n) is 7.42. The topological polar surface area (TPSA) is 41.4 Å². The normalized spacial score (nSPS) is 23.1. The van der Waals surface area contributed by atoms with Crippen LogP contribution >= 0.6 is 0 Å². The lowest BCUT2D eigenvalue weighted by atomic mass is 9.91. The second kappa shape index (κ2) is 5.95. The van der Waals surface area contributed by atoms with Crippen molar-refractivity contribution >= 4 is 5.91 Å². The van der Waals surface area contributed by atoms with E-state index in [1.807, 2.05) is 18.0 Å². The number of aryl methyl sites for hydroxylation is 1. The Bertz CT molecular complexity index is 450. The lowest BCUT2D eigenvalue weighted by Crippen LogP contribution is -2.37. The van der Waals surface area contributed by atoms with Gasteiger partial charge in [0, 0.05) is 31.9 Å². The smallest absolute Gasteiger partial charge is 0.257 e. The molecule has 0 radical (unpaired) electrons. The zero-order chi connectivity index (χ0) is 14.9. The van der Waals surface area contributed by atoms with Crippen molar-refractivity contribution in [3.63, 3.8) is 0 Å². The summed E-state index contributed by atoms with van der Waals surface area (Å²) in [6, 6.07) is 0.445. The molecule has 2 atom stereocenters. The van der Waals surface area contributed by atoms with Crippen molar-refractivity contribution in [3.8, 4) is 0 Å².